The number of aliphatic hydroxyl groups is 1. The second-order valence-corrected chi connectivity index (χ2v) is 5.15. The van der Waals surface area contributed by atoms with E-state index < -0.39 is 0 Å². The van der Waals surface area contributed by atoms with Crippen LogP contribution < -0.4 is 10.2 Å². The SMILES string of the molecule is CCCNc1ncc(F)c(N2CCCC2CCCO)n1. The molecule has 2 heterocycles. The summed E-state index contributed by atoms with van der Waals surface area (Å²) in [7, 11) is 0. The molecule has 1 unspecified atom stereocenters. The van der Waals surface area contributed by atoms with Crippen molar-refractivity contribution in [2.75, 3.05) is 29.9 Å². The van der Waals surface area contributed by atoms with Crippen LogP contribution in [0.5, 0.6) is 0 Å². The second kappa shape index (κ2) is 7.38. The smallest absolute Gasteiger partial charge is 0.224 e. The predicted octanol–water partition coefficient (Wildman–Crippen LogP) is 2.18. The van der Waals surface area contributed by atoms with E-state index in [4.69, 9.17) is 5.11 Å². The summed E-state index contributed by atoms with van der Waals surface area (Å²) in [6, 6.07) is 0.269. The number of aliphatic hydroxyl groups excluding tert-OH is 1. The number of nitrogens with zero attached hydrogens (tertiary/aromatic N) is 3. The molecule has 112 valence electrons. The molecule has 0 aromatic carbocycles. The van der Waals surface area contributed by atoms with Gasteiger partial charge in [0.15, 0.2) is 11.6 Å². The van der Waals surface area contributed by atoms with Crippen LogP contribution in [0, 0.1) is 5.82 Å². The van der Waals surface area contributed by atoms with Gasteiger partial charge in [-0.2, -0.15) is 4.98 Å². The molecule has 0 amide bonds. The van der Waals surface area contributed by atoms with Crippen molar-refractivity contribution in [3.63, 3.8) is 0 Å². The standard InChI is InChI=1S/C14H23FN4O/c1-2-7-16-14-17-10-12(15)13(18-14)19-8-3-5-11(19)6-4-9-20/h10-11,20H,2-9H2,1H3,(H,16,17,18). The summed E-state index contributed by atoms with van der Waals surface area (Å²) in [5.41, 5.74) is 0. The third kappa shape index (κ3) is 3.56. The van der Waals surface area contributed by atoms with E-state index in [1.807, 2.05) is 4.90 Å². The van der Waals surface area contributed by atoms with Crippen LogP contribution in [0.3, 0.4) is 0 Å². The topological polar surface area (TPSA) is 61.3 Å². The molecule has 0 radical (unpaired) electrons. The molecule has 1 aliphatic heterocycles. The van der Waals surface area contributed by atoms with Gasteiger partial charge in [0.2, 0.25) is 5.95 Å². The van der Waals surface area contributed by atoms with E-state index in [2.05, 4.69) is 22.2 Å². The Morgan fingerprint density at radius 2 is 2.40 bits per heavy atom. The molecule has 2 rings (SSSR count). The number of hydrogen-bond donors (Lipinski definition) is 2. The average molecular weight is 282 g/mol. The van der Waals surface area contributed by atoms with Crippen LogP contribution in [-0.4, -0.2) is 40.8 Å². The van der Waals surface area contributed by atoms with E-state index in [9.17, 15) is 4.39 Å². The molecule has 20 heavy (non-hydrogen) atoms. The lowest BCUT2D eigenvalue weighted by Crippen LogP contribution is -2.31. The summed E-state index contributed by atoms with van der Waals surface area (Å²) >= 11 is 0. The maximum atomic E-state index is 14.0. The van der Waals surface area contributed by atoms with Gasteiger partial charge in [-0.15, -0.1) is 0 Å². The van der Waals surface area contributed by atoms with Crippen molar-refractivity contribution in [3.8, 4) is 0 Å². The summed E-state index contributed by atoms with van der Waals surface area (Å²) in [6.07, 6.45) is 5.89. The molecule has 5 nitrogen and oxygen atoms in total. The Labute approximate surface area is 119 Å². The summed E-state index contributed by atoms with van der Waals surface area (Å²) in [6.45, 7) is 3.83. The van der Waals surface area contributed by atoms with E-state index >= 15 is 0 Å². The van der Waals surface area contributed by atoms with Gasteiger partial charge in [0, 0.05) is 25.7 Å². The number of halogens is 1. The van der Waals surface area contributed by atoms with Crippen molar-refractivity contribution in [3.05, 3.63) is 12.0 Å². The normalized spacial score (nSPS) is 18.6. The zero-order valence-corrected chi connectivity index (χ0v) is 12.0. The molecule has 1 aromatic heterocycles. The van der Waals surface area contributed by atoms with Crippen molar-refractivity contribution in [2.45, 2.75) is 45.1 Å². The van der Waals surface area contributed by atoms with Crippen molar-refractivity contribution >= 4 is 11.8 Å². The highest BCUT2D eigenvalue weighted by Gasteiger charge is 2.27. The van der Waals surface area contributed by atoms with Crippen molar-refractivity contribution in [1.82, 2.24) is 9.97 Å². The van der Waals surface area contributed by atoms with Gasteiger partial charge in [-0.3, -0.25) is 0 Å². The highest BCUT2D eigenvalue weighted by molar-refractivity contribution is 5.45. The first kappa shape index (κ1) is 15.0. The Morgan fingerprint density at radius 1 is 1.55 bits per heavy atom. The number of nitrogens with one attached hydrogen (secondary N) is 1. The Morgan fingerprint density at radius 3 is 3.15 bits per heavy atom. The van der Waals surface area contributed by atoms with Crippen LogP contribution in [0.4, 0.5) is 16.2 Å². The molecule has 2 N–H and O–H groups in total. The minimum Gasteiger partial charge on any atom is -0.396 e. The van der Waals surface area contributed by atoms with Gasteiger partial charge in [-0.05, 0) is 32.1 Å². The number of hydrogen-bond acceptors (Lipinski definition) is 5. The van der Waals surface area contributed by atoms with Crippen LogP contribution in [0.2, 0.25) is 0 Å². The third-order valence-electron chi connectivity index (χ3n) is 3.60. The average Bonchev–Trinajstić information content (AvgIpc) is 2.92. The minimum atomic E-state index is -0.372. The van der Waals surface area contributed by atoms with Crippen LogP contribution in [0.15, 0.2) is 6.20 Å². The zero-order chi connectivity index (χ0) is 14.4. The van der Waals surface area contributed by atoms with E-state index in [1.54, 1.807) is 0 Å². The first-order valence-electron chi connectivity index (χ1n) is 7.40. The highest BCUT2D eigenvalue weighted by Crippen LogP contribution is 2.28. The van der Waals surface area contributed by atoms with E-state index in [0.29, 0.717) is 11.8 Å². The molecule has 0 bridgehead atoms. The fourth-order valence-corrected chi connectivity index (χ4v) is 2.62. The summed E-state index contributed by atoms with van der Waals surface area (Å²) < 4.78 is 14.0. The molecule has 6 heteroatoms. The van der Waals surface area contributed by atoms with E-state index in [-0.39, 0.29) is 18.5 Å². The number of rotatable bonds is 7. The number of anilines is 2. The quantitative estimate of drug-likeness (QED) is 0.802. The predicted molar refractivity (Wildman–Crippen MR) is 77.5 cm³/mol. The van der Waals surface area contributed by atoms with Crippen molar-refractivity contribution < 1.29 is 9.50 Å². The second-order valence-electron chi connectivity index (χ2n) is 5.15. The number of aromatic nitrogens is 2. The highest BCUT2D eigenvalue weighted by atomic mass is 19.1. The molecule has 1 fully saturated rings. The molecular formula is C14H23FN4O. The molecule has 1 atom stereocenters. The maximum absolute atomic E-state index is 14.0. The lowest BCUT2D eigenvalue weighted by Gasteiger charge is -2.26. The minimum absolute atomic E-state index is 0.180. The monoisotopic (exact) mass is 282 g/mol. The Kier molecular flexibility index (Phi) is 5.52. The summed E-state index contributed by atoms with van der Waals surface area (Å²) in [4.78, 5) is 10.3. The molecule has 0 spiro atoms. The largest absolute Gasteiger partial charge is 0.396 e. The molecule has 1 saturated heterocycles. The molecular weight excluding hydrogens is 259 g/mol. The van der Waals surface area contributed by atoms with Gasteiger partial charge in [0.1, 0.15) is 0 Å². The van der Waals surface area contributed by atoms with E-state index in [1.165, 1.54) is 6.20 Å². The maximum Gasteiger partial charge on any atom is 0.224 e. The van der Waals surface area contributed by atoms with Crippen LogP contribution >= 0.6 is 0 Å². The Bertz CT molecular complexity index is 430. The Balaban J connectivity index is 2.13. The van der Waals surface area contributed by atoms with Crippen molar-refractivity contribution in [2.24, 2.45) is 0 Å². The lowest BCUT2D eigenvalue weighted by atomic mass is 10.1. The van der Waals surface area contributed by atoms with E-state index in [0.717, 1.165) is 45.2 Å². The van der Waals surface area contributed by atoms with Crippen LogP contribution in [0.1, 0.15) is 39.0 Å². The first-order valence-corrected chi connectivity index (χ1v) is 7.40. The van der Waals surface area contributed by atoms with Gasteiger partial charge in [0.25, 0.3) is 0 Å². The zero-order valence-electron chi connectivity index (χ0n) is 12.0. The van der Waals surface area contributed by atoms with Crippen LogP contribution in [-0.2, 0) is 0 Å². The third-order valence-corrected chi connectivity index (χ3v) is 3.60. The molecule has 1 aromatic rings. The van der Waals surface area contributed by atoms with Crippen LogP contribution in [0.25, 0.3) is 0 Å². The Hall–Kier alpha value is -1.43. The summed E-state index contributed by atoms with van der Waals surface area (Å²) in [5, 5.41) is 12.0. The fourth-order valence-electron chi connectivity index (χ4n) is 2.62. The van der Waals surface area contributed by atoms with Gasteiger partial charge < -0.3 is 15.3 Å². The van der Waals surface area contributed by atoms with Gasteiger partial charge >= 0.3 is 0 Å². The fraction of sp³-hybridized carbons (Fsp3) is 0.714. The van der Waals surface area contributed by atoms with Crippen molar-refractivity contribution in [1.29, 1.82) is 0 Å². The van der Waals surface area contributed by atoms with Gasteiger partial charge in [0.05, 0.1) is 6.20 Å². The lowest BCUT2D eigenvalue weighted by molar-refractivity contribution is 0.279. The molecule has 0 aliphatic carbocycles. The van der Waals surface area contributed by atoms with Gasteiger partial charge in [-0.25, -0.2) is 9.37 Å². The molecule has 1 aliphatic rings. The molecule has 0 saturated carbocycles. The first-order chi connectivity index (χ1) is 9.76. The van der Waals surface area contributed by atoms with Gasteiger partial charge in [-0.1, -0.05) is 6.92 Å². The summed E-state index contributed by atoms with van der Waals surface area (Å²) in [5.74, 6) is 0.498.